The maximum Gasteiger partial charge on any atom is 0.270 e. The number of nitrogens with one attached hydrogen (secondary N) is 2. The third-order valence-corrected chi connectivity index (χ3v) is 4.70. The molecule has 1 fully saturated rings. The third kappa shape index (κ3) is 4.34. The molecule has 3 aromatic rings. The summed E-state index contributed by atoms with van der Waals surface area (Å²) in [6.45, 7) is 0.321. The van der Waals surface area contributed by atoms with Gasteiger partial charge >= 0.3 is 0 Å². The van der Waals surface area contributed by atoms with Crippen molar-refractivity contribution in [3.05, 3.63) is 66.2 Å². The van der Waals surface area contributed by atoms with Gasteiger partial charge in [0.2, 0.25) is 0 Å². The highest BCUT2D eigenvalue weighted by atomic mass is 16.3. The van der Waals surface area contributed by atoms with Gasteiger partial charge in [-0.3, -0.25) is 4.79 Å². The van der Waals surface area contributed by atoms with Crippen molar-refractivity contribution in [3.63, 3.8) is 0 Å². The van der Waals surface area contributed by atoms with Crippen LogP contribution in [-0.2, 0) is 6.54 Å². The van der Waals surface area contributed by atoms with Gasteiger partial charge in [-0.05, 0) is 25.0 Å². The molecular formula is C21H22N4O2. The molecule has 2 N–H and O–H groups in total. The number of amides is 1. The molecule has 138 valence electrons. The lowest BCUT2D eigenvalue weighted by Gasteiger charge is -2.14. The molecule has 1 aromatic carbocycles. The van der Waals surface area contributed by atoms with Crippen LogP contribution in [0.25, 0.3) is 11.4 Å². The van der Waals surface area contributed by atoms with Crippen LogP contribution in [-0.4, -0.2) is 21.9 Å². The summed E-state index contributed by atoms with van der Waals surface area (Å²) in [7, 11) is 0. The van der Waals surface area contributed by atoms with Crippen molar-refractivity contribution in [1.82, 2.24) is 15.3 Å². The normalized spacial score (nSPS) is 14.2. The second-order valence-electron chi connectivity index (χ2n) is 6.72. The lowest BCUT2D eigenvalue weighted by atomic mass is 10.2. The standard InChI is InChI=1S/C21H22N4O2/c26-21(22-14-17-11-6-12-27-17)18-13-19(23-16-9-4-5-10-16)25-20(24-18)15-7-2-1-3-8-15/h1-3,6-8,11-13,16H,4-5,9-10,14H2,(H,22,26)(H,23,24,25). The molecule has 6 nitrogen and oxygen atoms in total. The summed E-state index contributed by atoms with van der Waals surface area (Å²) >= 11 is 0. The van der Waals surface area contributed by atoms with E-state index in [-0.39, 0.29) is 5.91 Å². The Morgan fingerprint density at radius 2 is 1.89 bits per heavy atom. The molecule has 0 atom stereocenters. The van der Waals surface area contributed by atoms with E-state index >= 15 is 0 Å². The number of rotatable bonds is 6. The number of nitrogens with zero attached hydrogens (tertiary/aromatic N) is 2. The zero-order chi connectivity index (χ0) is 18.5. The second kappa shape index (κ2) is 8.03. The smallest absolute Gasteiger partial charge is 0.270 e. The van der Waals surface area contributed by atoms with Crippen molar-refractivity contribution in [3.8, 4) is 11.4 Å². The van der Waals surface area contributed by atoms with E-state index in [4.69, 9.17) is 4.42 Å². The average molecular weight is 362 g/mol. The fourth-order valence-corrected chi connectivity index (χ4v) is 3.30. The van der Waals surface area contributed by atoms with Gasteiger partial charge in [0, 0.05) is 17.7 Å². The van der Waals surface area contributed by atoms with Crippen LogP contribution in [0.15, 0.2) is 59.2 Å². The molecule has 6 heteroatoms. The van der Waals surface area contributed by atoms with E-state index in [2.05, 4.69) is 20.6 Å². The Morgan fingerprint density at radius 1 is 1.07 bits per heavy atom. The number of benzene rings is 1. The molecule has 1 saturated carbocycles. The number of aromatic nitrogens is 2. The van der Waals surface area contributed by atoms with E-state index in [1.807, 2.05) is 36.4 Å². The maximum atomic E-state index is 12.6. The van der Waals surface area contributed by atoms with Gasteiger partial charge in [-0.15, -0.1) is 0 Å². The predicted octanol–water partition coefficient (Wildman–Crippen LogP) is 4.02. The summed E-state index contributed by atoms with van der Waals surface area (Å²) < 4.78 is 5.27. The molecule has 4 rings (SSSR count). The molecule has 0 aliphatic heterocycles. The highest BCUT2D eigenvalue weighted by Crippen LogP contribution is 2.23. The number of anilines is 1. The zero-order valence-corrected chi connectivity index (χ0v) is 15.0. The average Bonchev–Trinajstić information content (AvgIpc) is 3.40. The van der Waals surface area contributed by atoms with Gasteiger partial charge in [-0.25, -0.2) is 9.97 Å². The number of hydrogen-bond donors (Lipinski definition) is 2. The second-order valence-corrected chi connectivity index (χ2v) is 6.72. The van der Waals surface area contributed by atoms with E-state index in [0.717, 1.165) is 18.4 Å². The minimum absolute atomic E-state index is 0.250. The molecule has 2 aromatic heterocycles. The molecule has 0 radical (unpaired) electrons. The minimum Gasteiger partial charge on any atom is -0.467 e. The van der Waals surface area contributed by atoms with Crippen molar-refractivity contribution in [2.45, 2.75) is 38.3 Å². The molecule has 27 heavy (non-hydrogen) atoms. The maximum absolute atomic E-state index is 12.6. The van der Waals surface area contributed by atoms with Gasteiger partial charge in [0.25, 0.3) is 5.91 Å². The Morgan fingerprint density at radius 3 is 2.63 bits per heavy atom. The number of hydrogen-bond acceptors (Lipinski definition) is 5. The Bertz CT molecular complexity index is 888. The van der Waals surface area contributed by atoms with E-state index in [9.17, 15) is 4.79 Å². The predicted molar refractivity (Wildman–Crippen MR) is 103 cm³/mol. The summed E-state index contributed by atoms with van der Waals surface area (Å²) in [6, 6.07) is 15.5. The summed E-state index contributed by atoms with van der Waals surface area (Å²) in [6.07, 6.45) is 6.30. The van der Waals surface area contributed by atoms with Crippen LogP contribution < -0.4 is 10.6 Å². The van der Waals surface area contributed by atoms with Crippen molar-refractivity contribution < 1.29 is 9.21 Å². The molecule has 1 amide bonds. The first-order chi connectivity index (χ1) is 13.3. The molecular weight excluding hydrogens is 340 g/mol. The molecule has 0 bridgehead atoms. The van der Waals surface area contributed by atoms with E-state index in [0.29, 0.717) is 35.7 Å². The van der Waals surface area contributed by atoms with Crippen LogP contribution in [0, 0.1) is 0 Å². The summed E-state index contributed by atoms with van der Waals surface area (Å²) in [5, 5.41) is 6.32. The first-order valence-corrected chi connectivity index (χ1v) is 9.29. The lowest BCUT2D eigenvalue weighted by Crippen LogP contribution is -2.25. The number of furan rings is 1. The van der Waals surface area contributed by atoms with Gasteiger partial charge in [0.05, 0.1) is 12.8 Å². The Hall–Kier alpha value is -3.15. The van der Waals surface area contributed by atoms with Crippen LogP contribution in [0.5, 0.6) is 0 Å². The van der Waals surface area contributed by atoms with Crippen molar-refractivity contribution >= 4 is 11.7 Å². The highest BCUT2D eigenvalue weighted by Gasteiger charge is 2.18. The van der Waals surface area contributed by atoms with Crippen LogP contribution in [0.1, 0.15) is 41.9 Å². The van der Waals surface area contributed by atoms with Crippen LogP contribution in [0.4, 0.5) is 5.82 Å². The molecule has 0 unspecified atom stereocenters. The first kappa shape index (κ1) is 17.3. The molecule has 0 saturated heterocycles. The summed E-state index contributed by atoms with van der Waals surface area (Å²) in [5.74, 6) is 1.69. The Balaban J connectivity index is 1.59. The topological polar surface area (TPSA) is 80.0 Å². The van der Waals surface area contributed by atoms with E-state index in [1.165, 1.54) is 12.8 Å². The van der Waals surface area contributed by atoms with Crippen molar-refractivity contribution in [2.24, 2.45) is 0 Å². The number of carbonyl (C=O) groups excluding carboxylic acids is 1. The van der Waals surface area contributed by atoms with Gasteiger partial charge < -0.3 is 15.1 Å². The molecule has 1 aliphatic rings. The largest absolute Gasteiger partial charge is 0.467 e. The van der Waals surface area contributed by atoms with E-state index in [1.54, 1.807) is 18.4 Å². The highest BCUT2D eigenvalue weighted by molar-refractivity contribution is 5.93. The van der Waals surface area contributed by atoms with Crippen molar-refractivity contribution in [1.29, 1.82) is 0 Å². The van der Waals surface area contributed by atoms with Gasteiger partial charge in [-0.2, -0.15) is 0 Å². The van der Waals surface area contributed by atoms with Gasteiger partial charge in [0.1, 0.15) is 17.3 Å². The fourth-order valence-electron chi connectivity index (χ4n) is 3.30. The Labute approximate surface area is 158 Å². The molecule has 0 spiro atoms. The van der Waals surface area contributed by atoms with Crippen LogP contribution >= 0.6 is 0 Å². The fraction of sp³-hybridized carbons (Fsp3) is 0.286. The van der Waals surface area contributed by atoms with E-state index < -0.39 is 0 Å². The third-order valence-electron chi connectivity index (χ3n) is 4.70. The van der Waals surface area contributed by atoms with Crippen molar-refractivity contribution in [2.75, 3.05) is 5.32 Å². The van der Waals surface area contributed by atoms with Crippen LogP contribution in [0.2, 0.25) is 0 Å². The zero-order valence-electron chi connectivity index (χ0n) is 15.0. The minimum atomic E-state index is -0.250. The SMILES string of the molecule is O=C(NCc1ccco1)c1cc(NC2CCCC2)nc(-c2ccccc2)n1. The van der Waals surface area contributed by atoms with Crippen LogP contribution in [0.3, 0.4) is 0 Å². The number of carbonyl (C=O) groups is 1. The quantitative estimate of drug-likeness (QED) is 0.692. The van der Waals surface area contributed by atoms with Gasteiger partial charge in [-0.1, -0.05) is 43.2 Å². The molecule has 2 heterocycles. The first-order valence-electron chi connectivity index (χ1n) is 9.29. The molecule has 1 aliphatic carbocycles. The van der Waals surface area contributed by atoms with Gasteiger partial charge in [0.15, 0.2) is 5.82 Å². The summed E-state index contributed by atoms with van der Waals surface area (Å²) in [4.78, 5) is 21.8. The Kier molecular flexibility index (Phi) is 5.14. The lowest BCUT2D eigenvalue weighted by molar-refractivity contribution is 0.0943. The summed E-state index contributed by atoms with van der Waals surface area (Å²) in [5.41, 5.74) is 1.23. The monoisotopic (exact) mass is 362 g/mol.